The van der Waals surface area contributed by atoms with E-state index in [9.17, 15) is 14.4 Å². The number of aromatic nitrogens is 2. The number of carbonyl (C=O) groups is 2. The average molecular weight is 326 g/mol. The highest BCUT2D eigenvalue weighted by atomic mass is 16.2. The smallest absolute Gasteiger partial charge is 0.249 e. The Morgan fingerprint density at radius 3 is 2.33 bits per heavy atom. The number of amides is 2. The molecule has 2 saturated heterocycles. The van der Waals surface area contributed by atoms with Gasteiger partial charge in [-0.25, -0.2) is 4.98 Å². The quantitative estimate of drug-likeness (QED) is 0.833. The van der Waals surface area contributed by atoms with Gasteiger partial charge in [-0.2, -0.15) is 0 Å². The molecule has 4 rings (SSSR count). The number of hydrogen-bond donors (Lipinski definition) is 1. The summed E-state index contributed by atoms with van der Waals surface area (Å²) in [6, 6.07) is 7.12. The van der Waals surface area contributed by atoms with E-state index in [1.54, 1.807) is 6.07 Å². The van der Waals surface area contributed by atoms with Gasteiger partial charge in [0.05, 0.1) is 0 Å². The van der Waals surface area contributed by atoms with Crippen LogP contribution in [0.25, 0.3) is 11.0 Å². The molecular weight excluding hydrogens is 308 g/mol. The Morgan fingerprint density at radius 2 is 1.62 bits per heavy atom. The zero-order valence-electron chi connectivity index (χ0n) is 13.2. The molecule has 24 heavy (non-hydrogen) atoms. The Hall–Kier alpha value is -2.70. The van der Waals surface area contributed by atoms with Gasteiger partial charge < -0.3 is 9.88 Å². The third-order valence-corrected chi connectivity index (χ3v) is 4.81. The first-order valence-electron chi connectivity index (χ1n) is 8.22. The highest BCUT2D eigenvalue weighted by Crippen LogP contribution is 2.26. The van der Waals surface area contributed by atoms with Crippen molar-refractivity contribution < 1.29 is 9.59 Å². The molecule has 0 atom stereocenters. The lowest BCUT2D eigenvalue weighted by molar-refractivity contribution is -0.141. The minimum absolute atomic E-state index is 0.00372. The van der Waals surface area contributed by atoms with Crippen molar-refractivity contribution >= 4 is 28.7 Å². The molecule has 2 aliphatic heterocycles. The number of H-pyrrole nitrogens is 1. The molecule has 0 spiro atoms. The second kappa shape index (κ2) is 5.74. The number of carbonyl (C=O) groups excluding carboxylic acids is 2. The number of aromatic amines is 1. The number of nitrogens with zero attached hydrogens (tertiary/aromatic N) is 3. The first kappa shape index (κ1) is 14.9. The van der Waals surface area contributed by atoms with Crippen LogP contribution in [0, 0.1) is 0 Å². The molecule has 7 heteroatoms. The number of hydrogen-bond acceptors (Lipinski definition) is 5. The van der Waals surface area contributed by atoms with Crippen molar-refractivity contribution in [2.45, 2.75) is 31.7 Å². The first-order chi connectivity index (χ1) is 11.6. The highest BCUT2D eigenvalue weighted by molar-refractivity contribution is 6.02. The minimum Gasteiger partial charge on any atom is -0.356 e. The maximum Gasteiger partial charge on any atom is 0.249 e. The Morgan fingerprint density at radius 1 is 0.958 bits per heavy atom. The zero-order valence-corrected chi connectivity index (χ0v) is 13.2. The SMILES string of the molecule is O=C1CCC(=O)N1C1CCN(c2ccc3ccc(=O)[nH]c3n2)CC1. The second-order valence-corrected chi connectivity index (χ2v) is 6.31. The molecule has 0 unspecified atom stereocenters. The molecule has 7 nitrogen and oxygen atoms in total. The van der Waals surface area contributed by atoms with Crippen LogP contribution >= 0.6 is 0 Å². The third kappa shape index (κ3) is 2.55. The van der Waals surface area contributed by atoms with E-state index in [1.807, 2.05) is 12.1 Å². The van der Waals surface area contributed by atoms with E-state index >= 15 is 0 Å². The topological polar surface area (TPSA) is 86.4 Å². The lowest BCUT2D eigenvalue weighted by Crippen LogP contribution is -2.47. The number of piperidine rings is 1. The maximum atomic E-state index is 11.9. The molecule has 2 aromatic heterocycles. The van der Waals surface area contributed by atoms with Gasteiger partial charge in [0, 0.05) is 43.4 Å². The number of fused-ring (bicyclic) bond motifs is 1. The van der Waals surface area contributed by atoms with Gasteiger partial charge in [0.25, 0.3) is 0 Å². The molecule has 2 aromatic rings. The molecule has 2 aliphatic rings. The zero-order chi connectivity index (χ0) is 16.7. The first-order valence-corrected chi connectivity index (χ1v) is 8.22. The van der Waals surface area contributed by atoms with Gasteiger partial charge in [0.2, 0.25) is 17.4 Å². The summed E-state index contributed by atoms with van der Waals surface area (Å²) in [5.41, 5.74) is 0.406. The second-order valence-electron chi connectivity index (χ2n) is 6.31. The summed E-state index contributed by atoms with van der Waals surface area (Å²) in [4.78, 5) is 46.0. The average Bonchev–Trinajstić information content (AvgIpc) is 2.93. The Bertz CT molecular complexity index is 852. The molecule has 0 aromatic carbocycles. The summed E-state index contributed by atoms with van der Waals surface area (Å²) in [5.74, 6) is 0.724. The van der Waals surface area contributed by atoms with Crippen LogP contribution in [-0.2, 0) is 9.59 Å². The highest BCUT2D eigenvalue weighted by Gasteiger charge is 2.36. The van der Waals surface area contributed by atoms with Crippen LogP contribution in [-0.4, -0.2) is 45.8 Å². The van der Waals surface area contributed by atoms with E-state index < -0.39 is 0 Å². The van der Waals surface area contributed by atoms with Crippen molar-refractivity contribution in [2.75, 3.05) is 18.0 Å². The summed E-state index contributed by atoms with van der Waals surface area (Å²) in [7, 11) is 0. The van der Waals surface area contributed by atoms with Crippen molar-refractivity contribution in [2.24, 2.45) is 0 Å². The fourth-order valence-electron chi connectivity index (χ4n) is 3.55. The number of anilines is 1. The summed E-state index contributed by atoms with van der Waals surface area (Å²) in [6.07, 6.45) is 2.20. The van der Waals surface area contributed by atoms with Crippen LogP contribution < -0.4 is 10.5 Å². The molecule has 0 radical (unpaired) electrons. The van der Waals surface area contributed by atoms with Crippen molar-refractivity contribution in [3.63, 3.8) is 0 Å². The van der Waals surface area contributed by atoms with Gasteiger partial charge >= 0.3 is 0 Å². The molecule has 0 bridgehead atoms. The van der Waals surface area contributed by atoms with E-state index in [2.05, 4.69) is 14.9 Å². The van der Waals surface area contributed by atoms with Crippen LogP contribution in [0.3, 0.4) is 0 Å². The van der Waals surface area contributed by atoms with Crippen LogP contribution in [0.15, 0.2) is 29.1 Å². The fourth-order valence-corrected chi connectivity index (χ4v) is 3.55. The fraction of sp³-hybridized carbons (Fsp3) is 0.412. The molecule has 4 heterocycles. The van der Waals surface area contributed by atoms with Gasteiger partial charge in [-0.3, -0.25) is 19.3 Å². The molecular formula is C17H18N4O3. The lowest BCUT2D eigenvalue weighted by atomic mass is 10.0. The number of rotatable bonds is 2. The summed E-state index contributed by atoms with van der Waals surface area (Å²) in [5, 5.41) is 0.890. The monoisotopic (exact) mass is 326 g/mol. The molecule has 2 fully saturated rings. The van der Waals surface area contributed by atoms with Crippen LogP contribution in [0.5, 0.6) is 0 Å². The molecule has 124 valence electrons. The third-order valence-electron chi connectivity index (χ3n) is 4.81. The van der Waals surface area contributed by atoms with Crippen LogP contribution in [0.4, 0.5) is 5.82 Å². The Kier molecular flexibility index (Phi) is 3.55. The summed E-state index contributed by atoms with van der Waals surface area (Å²) < 4.78 is 0. The van der Waals surface area contributed by atoms with Gasteiger partial charge in [0.1, 0.15) is 11.5 Å². The maximum absolute atomic E-state index is 11.9. The largest absolute Gasteiger partial charge is 0.356 e. The van der Waals surface area contributed by atoms with E-state index in [0.717, 1.165) is 37.1 Å². The van der Waals surface area contributed by atoms with Crippen molar-refractivity contribution in [3.8, 4) is 0 Å². The lowest BCUT2D eigenvalue weighted by Gasteiger charge is -2.36. The molecule has 0 saturated carbocycles. The van der Waals surface area contributed by atoms with E-state index in [-0.39, 0.29) is 23.4 Å². The van der Waals surface area contributed by atoms with E-state index in [0.29, 0.717) is 18.5 Å². The standard InChI is InChI=1S/C17H18N4O3/c22-14-4-2-11-1-3-13(18-17(11)19-14)20-9-7-12(8-10-20)21-15(23)5-6-16(21)24/h1-4,12H,5-10H2,(H,18,19,22). The van der Waals surface area contributed by atoms with Crippen molar-refractivity contribution in [3.05, 3.63) is 34.6 Å². The number of imide groups is 1. The van der Waals surface area contributed by atoms with Gasteiger partial charge in [-0.15, -0.1) is 0 Å². The Balaban J connectivity index is 1.50. The summed E-state index contributed by atoms with van der Waals surface area (Å²) in [6.45, 7) is 1.47. The van der Waals surface area contributed by atoms with Gasteiger partial charge in [0.15, 0.2) is 0 Å². The molecule has 0 aliphatic carbocycles. The van der Waals surface area contributed by atoms with Gasteiger partial charge in [-0.1, -0.05) is 0 Å². The Labute approximate surface area is 138 Å². The predicted octanol–water partition coefficient (Wildman–Crippen LogP) is 1.04. The number of pyridine rings is 2. The summed E-state index contributed by atoms with van der Waals surface area (Å²) >= 11 is 0. The predicted molar refractivity (Wildman–Crippen MR) is 88.7 cm³/mol. The number of nitrogens with one attached hydrogen (secondary N) is 1. The number of likely N-dealkylation sites (tertiary alicyclic amines) is 1. The van der Waals surface area contributed by atoms with E-state index in [1.165, 1.54) is 11.0 Å². The van der Waals surface area contributed by atoms with Gasteiger partial charge in [-0.05, 0) is 31.0 Å². The van der Waals surface area contributed by atoms with Crippen molar-refractivity contribution in [1.82, 2.24) is 14.9 Å². The van der Waals surface area contributed by atoms with E-state index in [4.69, 9.17) is 0 Å². The molecule has 2 amide bonds. The van der Waals surface area contributed by atoms with Crippen molar-refractivity contribution in [1.29, 1.82) is 0 Å². The normalized spacial score (nSPS) is 19.5. The van der Waals surface area contributed by atoms with Crippen LogP contribution in [0.1, 0.15) is 25.7 Å². The minimum atomic E-state index is -0.170. The molecule has 1 N–H and O–H groups in total. The van der Waals surface area contributed by atoms with Crippen LogP contribution in [0.2, 0.25) is 0 Å².